The zero-order valence-corrected chi connectivity index (χ0v) is 11.2. The van der Waals surface area contributed by atoms with E-state index in [9.17, 15) is 23.3 Å². The Morgan fingerprint density at radius 1 is 1.40 bits per heavy atom. The van der Waals surface area contributed by atoms with E-state index < -0.39 is 22.4 Å². The fraction of sp³-hybridized carbons (Fsp3) is 0.500. The van der Waals surface area contributed by atoms with Crippen molar-refractivity contribution in [2.75, 3.05) is 32.0 Å². The first-order chi connectivity index (χ1) is 9.25. The minimum atomic E-state index is -4.75. The Balaban J connectivity index is 2.88. The Morgan fingerprint density at radius 3 is 2.55 bits per heavy atom. The number of nitrogens with zero attached hydrogens (tertiary/aromatic N) is 2. The lowest BCUT2D eigenvalue weighted by molar-refractivity contribution is -0.388. The Labute approximate surface area is 114 Å². The molecule has 0 saturated carbocycles. The van der Waals surface area contributed by atoms with E-state index >= 15 is 0 Å². The van der Waals surface area contributed by atoms with Crippen molar-refractivity contribution in [3.05, 3.63) is 33.9 Å². The zero-order chi connectivity index (χ0) is 15.3. The average Bonchev–Trinajstić information content (AvgIpc) is 2.37. The second kappa shape index (κ2) is 6.56. The van der Waals surface area contributed by atoms with Crippen LogP contribution < -0.4 is 5.32 Å². The van der Waals surface area contributed by atoms with Crippen molar-refractivity contribution in [3.63, 3.8) is 0 Å². The van der Waals surface area contributed by atoms with Gasteiger partial charge in [0.25, 0.3) is 5.69 Å². The monoisotopic (exact) mass is 291 g/mol. The van der Waals surface area contributed by atoms with Gasteiger partial charge >= 0.3 is 6.18 Å². The molecule has 112 valence electrons. The maximum atomic E-state index is 12.8. The summed E-state index contributed by atoms with van der Waals surface area (Å²) in [7, 11) is 1.89. The number of hydrogen-bond acceptors (Lipinski definition) is 4. The number of halogens is 3. The van der Waals surface area contributed by atoms with Gasteiger partial charge in [-0.25, -0.2) is 0 Å². The van der Waals surface area contributed by atoms with Gasteiger partial charge in [0.15, 0.2) is 0 Å². The third-order valence-electron chi connectivity index (χ3n) is 2.86. The van der Waals surface area contributed by atoms with Gasteiger partial charge in [0.05, 0.1) is 4.92 Å². The molecule has 1 aromatic carbocycles. The summed E-state index contributed by atoms with van der Waals surface area (Å²) < 4.78 is 38.3. The van der Waals surface area contributed by atoms with Crippen LogP contribution in [0.25, 0.3) is 0 Å². The maximum Gasteiger partial charge on any atom is 0.423 e. The SMILES string of the molecule is CCN(C)CCNc1ccc([N+](=O)[O-])c(C(F)(F)F)c1. The van der Waals surface area contributed by atoms with Gasteiger partial charge in [-0.1, -0.05) is 6.92 Å². The van der Waals surface area contributed by atoms with Crippen molar-refractivity contribution in [2.45, 2.75) is 13.1 Å². The molecule has 0 aliphatic rings. The highest BCUT2D eigenvalue weighted by molar-refractivity contribution is 5.55. The lowest BCUT2D eigenvalue weighted by Crippen LogP contribution is -2.24. The molecule has 0 radical (unpaired) electrons. The molecule has 0 unspecified atom stereocenters. The molecule has 0 saturated heterocycles. The van der Waals surface area contributed by atoms with Crippen LogP contribution in [0, 0.1) is 10.1 Å². The smallest absolute Gasteiger partial charge is 0.384 e. The fourth-order valence-electron chi connectivity index (χ4n) is 1.58. The van der Waals surface area contributed by atoms with Crippen LogP contribution in [-0.2, 0) is 6.18 Å². The first-order valence-electron chi connectivity index (χ1n) is 6.03. The molecule has 0 amide bonds. The quantitative estimate of drug-likeness (QED) is 0.646. The summed E-state index contributed by atoms with van der Waals surface area (Å²) in [4.78, 5) is 11.6. The standard InChI is InChI=1S/C12H16F3N3O2/c1-3-17(2)7-6-16-9-4-5-11(18(19)20)10(8-9)12(13,14)15/h4-5,8,16H,3,6-7H2,1-2H3. The van der Waals surface area contributed by atoms with Crippen LogP contribution in [0.15, 0.2) is 18.2 Å². The topological polar surface area (TPSA) is 58.4 Å². The normalized spacial score (nSPS) is 11.7. The van der Waals surface area contributed by atoms with E-state index in [-0.39, 0.29) is 5.69 Å². The Morgan fingerprint density at radius 2 is 2.05 bits per heavy atom. The van der Waals surface area contributed by atoms with Crippen molar-refractivity contribution >= 4 is 11.4 Å². The fourth-order valence-corrected chi connectivity index (χ4v) is 1.58. The van der Waals surface area contributed by atoms with Crippen molar-refractivity contribution in [2.24, 2.45) is 0 Å². The minimum Gasteiger partial charge on any atom is -0.384 e. The predicted octanol–water partition coefficient (Wildman–Crippen LogP) is 2.98. The van der Waals surface area contributed by atoms with E-state index in [4.69, 9.17) is 0 Å². The van der Waals surface area contributed by atoms with Crippen LogP contribution in [0.3, 0.4) is 0 Å². The molecule has 20 heavy (non-hydrogen) atoms. The molecule has 5 nitrogen and oxygen atoms in total. The van der Waals surface area contributed by atoms with Crippen LogP contribution in [0.1, 0.15) is 12.5 Å². The largest absolute Gasteiger partial charge is 0.423 e. The molecule has 0 aliphatic heterocycles. The van der Waals surface area contributed by atoms with Gasteiger partial charge in [-0.15, -0.1) is 0 Å². The molecule has 8 heteroatoms. The molecule has 1 aromatic rings. The van der Waals surface area contributed by atoms with E-state index in [1.165, 1.54) is 6.07 Å². The number of hydrogen-bond donors (Lipinski definition) is 1. The van der Waals surface area contributed by atoms with Gasteiger partial charge in [-0.05, 0) is 25.7 Å². The van der Waals surface area contributed by atoms with Crippen LogP contribution in [0.2, 0.25) is 0 Å². The molecular weight excluding hydrogens is 275 g/mol. The van der Waals surface area contributed by atoms with Crippen LogP contribution >= 0.6 is 0 Å². The van der Waals surface area contributed by atoms with E-state index in [1.54, 1.807) is 0 Å². The number of anilines is 1. The van der Waals surface area contributed by atoms with Crippen molar-refractivity contribution in [1.82, 2.24) is 4.90 Å². The number of benzene rings is 1. The van der Waals surface area contributed by atoms with Crippen LogP contribution in [0.5, 0.6) is 0 Å². The number of nitro benzene ring substituents is 1. The Hall–Kier alpha value is -1.83. The summed E-state index contributed by atoms with van der Waals surface area (Å²) in [6, 6.07) is 2.91. The molecular formula is C12H16F3N3O2. The summed E-state index contributed by atoms with van der Waals surface area (Å²) >= 11 is 0. The molecule has 0 fully saturated rings. The second-order valence-corrected chi connectivity index (χ2v) is 4.31. The van der Waals surface area contributed by atoms with Crippen LogP contribution in [0.4, 0.5) is 24.5 Å². The third kappa shape index (κ3) is 4.37. The molecule has 0 heterocycles. The first-order valence-corrected chi connectivity index (χ1v) is 6.03. The summed E-state index contributed by atoms with van der Waals surface area (Å²) in [6.45, 7) is 3.91. The van der Waals surface area contributed by atoms with Crippen LogP contribution in [-0.4, -0.2) is 36.5 Å². The van der Waals surface area contributed by atoms with Crippen molar-refractivity contribution in [1.29, 1.82) is 0 Å². The highest BCUT2D eigenvalue weighted by Gasteiger charge is 2.38. The van der Waals surface area contributed by atoms with E-state index in [1.807, 2.05) is 18.9 Å². The summed E-state index contributed by atoms with van der Waals surface area (Å²) in [5, 5.41) is 13.4. The highest BCUT2D eigenvalue weighted by atomic mass is 19.4. The molecule has 1 rings (SSSR count). The summed E-state index contributed by atoms with van der Waals surface area (Å²) in [6.07, 6.45) is -4.75. The summed E-state index contributed by atoms with van der Waals surface area (Å²) in [5.74, 6) is 0. The van der Waals surface area contributed by atoms with Gasteiger partial charge in [-0.2, -0.15) is 13.2 Å². The Kier molecular flexibility index (Phi) is 5.32. The van der Waals surface area contributed by atoms with Crippen molar-refractivity contribution < 1.29 is 18.1 Å². The Bertz CT molecular complexity index is 478. The number of rotatable bonds is 6. The molecule has 0 aromatic heterocycles. The van der Waals surface area contributed by atoms with Gasteiger partial charge in [-0.3, -0.25) is 10.1 Å². The highest BCUT2D eigenvalue weighted by Crippen LogP contribution is 2.37. The van der Waals surface area contributed by atoms with Crippen molar-refractivity contribution in [3.8, 4) is 0 Å². The van der Waals surface area contributed by atoms with Gasteiger partial charge < -0.3 is 10.2 Å². The zero-order valence-electron chi connectivity index (χ0n) is 11.2. The summed E-state index contributed by atoms with van der Waals surface area (Å²) in [5.41, 5.74) is -1.96. The number of likely N-dealkylation sites (N-methyl/N-ethyl adjacent to an activating group) is 1. The van der Waals surface area contributed by atoms with Gasteiger partial charge in [0.1, 0.15) is 5.56 Å². The molecule has 0 bridgehead atoms. The lowest BCUT2D eigenvalue weighted by atomic mass is 10.1. The van der Waals surface area contributed by atoms with E-state index in [2.05, 4.69) is 5.32 Å². The predicted molar refractivity (Wildman–Crippen MR) is 69.8 cm³/mol. The number of nitrogens with one attached hydrogen (secondary N) is 1. The molecule has 0 aliphatic carbocycles. The number of nitro groups is 1. The third-order valence-corrected chi connectivity index (χ3v) is 2.86. The molecule has 1 N–H and O–H groups in total. The molecule has 0 atom stereocenters. The average molecular weight is 291 g/mol. The maximum absolute atomic E-state index is 12.8. The lowest BCUT2D eigenvalue weighted by Gasteiger charge is -2.15. The van der Waals surface area contributed by atoms with E-state index in [0.717, 1.165) is 18.7 Å². The van der Waals surface area contributed by atoms with Gasteiger partial charge in [0.2, 0.25) is 0 Å². The van der Waals surface area contributed by atoms with E-state index in [0.29, 0.717) is 13.1 Å². The second-order valence-electron chi connectivity index (χ2n) is 4.31. The number of alkyl halides is 3. The first kappa shape index (κ1) is 16.2. The van der Waals surface area contributed by atoms with Gasteiger partial charge in [0, 0.05) is 24.8 Å². The molecule has 0 spiro atoms. The minimum absolute atomic E-state index is 0.215.